The Balaban J connectivity index is 2.04. The summed E-state index contributed by atoms with van der Waals surface area (Å²) < 4.78 is 18.9. The van der Waals surface area contributed by atoms with Crippen LogP contribution in [0.3, 0.4) is 0 Å². The van der Waals surface area contributed by atoms with Crippen LogP contribution in [-0.4, -0.2) is 31.0 Å². The van der Waals surface area contributed by atoms with E-state index in [0.29, 0.717) is 25.0 Å². The maximum atomic E-state index is 13.5. The minimum Gasteiger partial charge on any atom is -0.377 e. The summed E-state index contributed by atoms with van der Waals surface area (Å²) in [5.74, 6) is 0. The van der Waals surface area contributed by atoms with Crippen molar-refractivity contribution in [2.75, 3.05) is 13.2 Å². The van der Waals surface area contributed by atoms with E-state index in [2.05, 4.69) is 5.32 Å². The van der Waals surface area contributed by atoms with Gasteiger partial charge in [-0.05, 0) is 46.5 Å². The zero-order valence-corrected chi connectivity index (χ0v) is 10.2. The van der Waals surface area contributed by atoms with Gasteiger partial charge in [-0.3, -0.25) is 0 Å². The van der Waals surface area contributed by atoms with Crippen LogP contribution in [0.2, 0.25) is 0 Å². The molecule has 0 aromatic heterocycles. The second-order valence-corrected chi connectivity index (χ2v) is 5.06. The second kappa shape index (κ2) is 5.80. The molecular formula is C12H24FNO. The molecule has 0 spiro atoms. The van der Waals surface area contributed by atoms with Gasteiger partial charge in [-0.1, -0.05) is 0 Å². The van der Waals surface area contributed by atoms with Crippen molar-refractivity contribution in [1.29, 1.82) is 0 Å². The highest BCUT2D eigenvalue weighted by Gasteiger charge is 2.30. The average molecular weight is 217 g/mol. The van der Waals surface area contributed by atoms with E-state index in [9.17, 15) is 4.39 Å². The van der Waals surface area contributed by atoms with Gasteiger partial charge in [0.05, 0.1) is 12.7 Å². The van der Waals surface area contributed by atoms with Gasteiger partial charge in [-0.15, -0.1) is 0 Å². The summed E-state index contributed by atoms with van der Waals surface area (Å²) in [6.07, 6.45) is 3.58. The van der Waals surface area contributed by atoms with Gasteiger partial charge in [-0.25, -0.2) is 4.39 Å². The van der Waals surface area contributed by atoms with Crippen molar-refractivity contribution in [2.45, 2.75) is 64.3 Å². The van der Waals surface area contributed by atoms with Crippen molar-refractivity contribution in [3.8, 4) is 0 Å². The van der Waals surface area contributed by atoms with Crippen molar-refractivity contribution in [3.63, 3.8) is 0 Å². The molecule has 1 saturated carbocycles. The lowest BCUT2D eigenvalue weighted by Gasteiger charge is -2.31. The van der Waals surface area contributed by atoms with Crippen LogP contribution in [0.5, 0.6) is 0 Å². The molecule has 1 N–H and O–H groups in total. The predicted octanol–water partition coefficient (Wildman–Crippen LogP) is 2.67. The molecule has 90 valence electrons. The number of hydrogen-bond donors (Lipinski definition) is 1. The summed E-state index contributed by atoms with van der Waals surface area (Å²) in [4.78, 5) is 0. The predicted molar refractivity (Wildman–Crippen MR) is 60.9 cm³/mol. The topological polar surface area (TPSA) is 21.3 Å². The van der Waals surface area contributed by atoms with Gasteiger partial charge in [0.1, 0.15) is 5.67 Å². The Bertz CT molecular complexity index is 172. The number of ether oxygens (including phenoxy) is 1. The van der Waals surface area contributed by atoms with Gasteiger partial charge < -0.3 is 10.1 Å². The fraction of sp³-hybridized carbons (Fsp3) is 1.00. The fourth-order valence-electron chi connectivity index (χ4n) is 1.98. The monoisotopic (exact) mass is 217 g/mol. The molecule has 2 nitrogen and oxygen atoms in total. The van der Waals surface area contributed by atoms with E-state index in [-0.39, 0.29) is 0 Å². The molecule has 1 aliphatic carbocycles. The fourth-order valence-corrected chi connectivity index (χ4v) is 1.98. The number of rotatable bonds is 5. The van der Waals surface area contributed by atoms with Crippen LogP contribution < -0.4 is 5.32 Å². The minimum absolute atomic E-state index is 0.298. The highest BCUT2D eigenvalue weighted by atomic mass is 19.1. The molecule has 0 amide bonds. The van der Waals surface area contributed by atoms with Crippen LogP contribution in [-0.2, 0) is 4.74 Å². The van der Waals surface area contributed by atoms with Gasteiger partial charge in [-0.2, -0.15) is 0 Å². The molecular weight excluding hydrogens is 193 g/mol. The Morgan fingerprint density at radius 1 is 1.40 bits per heavy atom. The van der Waals surface area contributed by atoms with Crippen LogP contribution in [0.25, 0.3) is 0 Å². The number of nitrogens with one attached hydrogen (secondary N) is 1. The molecule has 15 heavy (non-hydrogen) atoms. The van der Waals surface area contributed by atoms with Crippen molar-refractivity contribution >= 4 is 0 Å². The number of hydrogen-bond acceptors (Lipinski definition) is 2. The summed E-state index contributed by atoms with van der Waals surface area (Å²) in [7, 11) is 0. The maximum absolute atomic E-state index is 13.5. The van der Waals surface area contributed by atoms with E-state index in [1.807, 2.05) is 13.8 Å². The highest BCUT2D eigenvalue weighted by molar-refractivity contribution is 4.84. The number of halogens is 1. The molecule has 0 heterocycles. The first kappa shape index (κ1) is 12.9. The Morgan fingerprint density at radius 3 is 2.53 bits per heavy atom. The molecule has 0 aromatic rings. The molecule has 0 radical (unpaired) electrons. The van der Waals surface area contributed by atoms with E-state index in [1.54, 1.807) is 6.92 Å². The lowest BCUT2D eigenvalue weighted by molar-refractivity contribution is 0.0735. The summed E-state index contributed by atoms with van der Waals surface area (Å²) in [5, 5.41) is 3.42. The van der Waals surface area contributed by atoms with Crippen LogP contribution in [0.1, 0.15) is 46.5 Å². The van der Waals surface area contributed by atoms with E-state index in [4.69, 9.17) is 4.74 Å². The first-order chi connectivity index (χ1) is 6.99. The third-order valence-electron chi connectivity index (χ3n) is 3.01. The zero-order chi connectivity index (χ0) is 11.3. The van der Waals surface area contributed by atoms with E-state index in [0.717, 1.165) is 26.0 Å². The van der Waals surface area contributed by atoms with Crippen LogP contribution >= 0.6 is 0 Å². The molecule has 0 bridgehead atoms. The maximum Gasteiger partial charge on any atom is 0.108 e. The standard InChI is InChI=1S/C12H24FNO/c1-10(2)15-9-8-14-11-4-6-12(3,13)7-5-11/h10-11,14H,4-9H2,1-3H3. The smallest absolute Gasteiger partial charge is 0.108 e. The molecule has 0 aromatic carbocycles. The number of alkyl halides is 1. The van der Waals surface area contributed by atoms with Gasteiger partial charge in [0, 0.05) is 12.6 Å². The average Bonchev–Trinajstić information content (AvgIpc) is 2.14. The van der Waals surface area contributed by atoms with Crippen molar-refractivity contribution in [1.82, 2.24) is 5.32 Å². The van der Waals surface area contributed by atoms with Gasteiger partial charge in [0.2, 0.25) is 0 Å². The summed E-state index contributed by atoms with van der Waals surface area (Å²) in [6.45, 7) is 7.42. The van der Waals surface area contributed by atoms with E-state index >= 15 is 0 Å². The Morgan fingerprint density at radius 2 is 2.00 bits per heavy atom. The molecule has 0 saturated heterocycles. The van der Waals surface area contributed by atoms with Crippen LogP contribution in [0, 0.1) is 0 Å². The largest absolute Gasteiger partial charge is 0.377 e. The lowest BCUT2D eigenvalue weighted by atomic mass is 9.85. The molecule has 1 aliphatic rings. The van der Waals surface area contributed by atoms with Gasteiger partial charge >= 0.3 is 0 Å². The van der Waals surface area contributed by atoms with Crippen LogP contribution in [0.4, 0.5) is 4.39 Å². The van der Waals surface area contributed by atoms with E-state index in [1.165, 1.54) is 0 Å². The van der Waals surface area contributed by atoms with Crippen molar-refractivity contribution in [2.24, 2.45) is 0 Å². The molecule has 0 atom stereocenters. The quantitative estimate of drug-likeness (QED) is 0.715. The first-order valence-electron chi connectivity index (χ1n) is 6.03. The van der Waals surface area contributed by atoms with Crippen molar-refractivity contribution in [3.05, 3.63) is 0 Å². The minimum atomic E-state index is -0.924. The van der Waals surface area contributed by atoms with Crippen molar-refractivity contribution < 1.29 is 9.13 Å². The third-order valence-corrected chi connectivity index (χ3v) is 3.01. The first-order valence-corrected chi connectivity index (χ1v) is 6.03. The summed E-state index contributed by atoms with van der Waals surface area (Å²) in [5.41, 5.74) is -0.924. The highest BCUT2D eigenvalue weighted by Crippen LogP contribution is 2.31. The normalized spacial score (nSPS) is 32.2. The molecule has 0 unspecified atom stereocenters. The van der Waals surface area contributed by atoms with E-state index < -0.39 is 5.67 Å². The second-order valence-electron chi connectivity index (χ2n) is 5.06. The third kappa shape index (κ3) is 5.47. The lowest BCUT2D eigenvalue weighted by Crippen LogP contribution is -2.39. The van der Waals surface area contributed by atoms with Gasteiger partial charge in [0.15, 0.2) is 0 Å². The summed E-state index contributed by atoms with van der Waals surface area (Å²) >= 11 is 0. The molecule has 1 rings (SSSR count). The Hall–Kier alpha value is -0.150. The zero-order valence-electron chi connectivity index (χ0n) is 10.2. The molecule has 0 aliphatic heterocycles. The summed E-state index contributed by atoms with van der Waals surface area (Å²) in [6, 6.07) is 0.490. The van der Waals surface area contributed by atoms with Gasteiger partial charge in [0.25, 0.3) is 0 Å². The van der Waals surface area contributed by atoms with Crippen LogP contribution in [0.15, 0.2) is 0 Å². The molecule has 3 heteroatoms. The SMILES string of the molecule is CC(C)OCCNC1CCC(C)(F)CC1. The Labute approximate surface area is 92.6 Å². The Kier molecular flexibility index (Phi) is 5.00. The molecule has 1 fully saturated rings.